The summed E-state index contributed by atoms with van der Waals surface area (Å²) in [4.78, 5) is 0. The van der Waals surface area contributed by atoms with Crippen LogP contribution < -0.4 is 15.3 Å². The van der Waals surface area contributed by atoms with Gasteiger partial charge < -0.3 is 0 Å². The molecule has 2 aromatic carbocycles. The second kappa shape index (κ2) is 8.38. The molecular weight excluding hydrogens is 417 g/mol. The average molecular weight is 435 g/mol. The van der Waals surface area contributed by atoms with Gasteiger partial charge >= 0.3 is 15.5 Å². The fourth-order valence-corrected chi connectivity index (χ4v) is 3.14. The van der Waals surface area contributed by atoms with Gasteiger partial charge in [0.25, 0.3) is 0 Å². The zero-order chi connectivity index (χ0) is 21.1. The molecule has 0 fully saturated rings. The SMILES string of the molecule is CCN(/N=C(\C)c1ccccc1N(N)S(=O)(=O)C(F)(F)F)c1ccc(Cl)cc1. The number of alkyl halides is 3. The highest BCUT2D eigenvalue weighted by Crippen LogP contribution is 2.31. The number of sulfonamides is 1. The first-order chi connectivity index (χ1) is 13.0. The Morgan fingerprint density at radius 1 is 1.14 bits per heavy atom. The molecule has 0 unspecified atom stereocenters. The van der Waals surface area contributed by atoms with E-state index >= 15 is 0 Å². The monoisotopic (exact) mass is 434 g/mol. The maximum Gasteiger partial charge on any atom is 0.518 e. The van der Waals surface area contributed by atoms with Gasteiger partial charge in [-0.15, -0.1) is 0 Å². The Kier molecular flexibility index (Phi) is 6.58. The summed E-state index contributed by atoms with van der Waals surface area (Å²) in [5.74, 6) is 5.33. The van der Waals surface area contributed by atoms with E-state index in [-0.39, 0.29) is 21.4 Å². The van der Waals surface area contributed by atoms with Gasteiger partial charge in [-0.2, -0.15) is 31.1 Å². The maximum atomic E-state index is 12.9. The third kappa shape index (κ3) is 4.57. The first kappa shape index (κ1) is 22.0. The number of hydrazone groups is 1. The molecule has 0 radical (unpaired) electrons. The fourth-order valence-electron chi connectivity index (χ4n) is 2.37. The van der Waals surface area contributed by atoms with Crippen LogP contribution in [0.3, 0.4) is 0 Å². The number of hydrazine groups is 1. The molecule has 0 atom stereocenters. The minimum Gasteiger partial charge on any atom is -0.266 e. The first-order valence-corrected chi connectivity index (χ1v) is 9.85. The van der Waals surface area contributed by atoms with Crippen molar-refractivity contribution in [3.8, 4) is 0 Å². The normalized spacial score (nSPS) is 12.8. The molecule has 0 saturated carbocycles. The molecule has 0 aromatic heterocycles. The Hall–Kier alpha value is -2.30. The number of halogens is 4. The van der Waals surface area contributed by atoms with Gasteiger partial charge in [-0.1, -0.05) is 29.8 Å². The Bertz CT molecular complexity index is 963. The number of anilines is 2. The zero-order valence-corrected chi connectivity index (χ0v) is 16.6. The van der Waals surface area contributed by atoms with E-state index in [1.165, 1.54) is 18.2 Å². The van der Waals surface area contributed by atoms with Gasteiger partial charge in [0.1, 0.15) is 0 Å². The molecule has 152 valence electrons. The summed E-state index contributed by atoms with van der Waals surface area (Å²) >= 11 is 5.87. The van der Waals surface area contributed by atoms with Crippen molar-refractivity contribution in [1.82, 2.24) is 0 Å². The summed E-state index contributed by atoms with van der Waals surface area (Å²) in [6.07, 6.45) is 0. The Morgan fingerprint density at radius 3 is 2.25 bits per heavy atom. The largest absolute Gasteiger partial charge is 0.518 e. The number of nitrogens with two attached hydrogens (primary N) is 1. The van der Waals surface area contributed by atoms with Crippen molar-refractivity contribution in [1.29, 1.82) is 0 Å². The molecule has 0 amide bonds. The summed E-state index contributed by atoms with van der Waals surface area (Å²) < 4.78 is 61.7. The van der Waals surface area contributed by atoms with E-state index in [1.54, 1.807) is 42.3 Å². The highest BCUT2D eigenvalue weighted by molar-refractivity contribution is 7.93. The second-order valence-corrected chi connectivity index (χ2v) is 7.88. The van der Waals surface area contributed by atoms with Crippen LogP contribution in [0.15, 0.2) is 53.6 Å². The minimum absolute atomic E-state index is 0.144. The van der Waals surface area contributed by atoms with Crippen LogP contribution in [0.25, 0.3) is 0 Å². The van der Waals surface area contributed by atoms with Gasteiger partial charge in [0.15, 0.2) is 0 Å². The maximum absolute atomic E-state index is 12.9. The van der Waals surface area contributed by atoms with E-state index in [9.17, 15) is 21.6 Å². The van der Waals surface area contributed by atoms with Crippen LogP contribution in [-0.4, -0.2) is 26.2 Å². The third-order valence-corrected chi connectivity index (χ3v) is 5.33. The predicted molar refractivity (Wildman–Crippen MR) is 105 cm³/mol. The van der Waals surface area contributed by atoms with Crippen molar-refractivity contribution in [2.24, 2.45) is 10.9 Å². The van der Waals surface area contributed by atoms with E-state index < -0.39 is 15.5 Å². The predicted octanol–water partition coefficient (Wildman–Crippen LogP) is 4.12. The molecule has 0 aliphatic carbocycles. The number of nitrogens with zero attached hydrogens (tertiary/aromatic N) is 3. The molecule has 2 aromatic rings. The van der Waals surface area contributed by atoms with Gasteiger partial charge in [0, 0.05) is 17.1 Å². The van der Waals surface area contributed by atoms with Gasteiger partial charge in [0.2, 0.25) is 0 Å². The number of para-hydroxylation sites is 1. The lowest BCUT2D eigenvalue weighted by Crippen LogP contribution is -2.46. The average Bonchev–Trinajstić information content (AvgIpc) is 2.65. The van der Waals surface area contributed by atoms with Gasteiger partial charge in [0.05, 0.1) is 17.1 Å². The van der Waals surface area contributed by atoms with E-state index in [0.29, 0.717) is 17.3 Å². The molecule has 0 saturated heterocycles. The third-order valence-electron chi connectivity index (χ3n) is 3.78. The molecule has 0 aliphatic rings. The summed E-state index contributed by atoms with van der Waals surface area (Å²) in [5.41, 5.74) is -4.74. The van der Waals surface area contributed by atoms with Crippen molar-refractivity contribution in [3.63, 3.8) is 0 Å². The first-order valence-electron chi connectivity index (χ1n) is 8.03. The smallest absolute Gasteiger partial charge is 0.266 e. The molecule has 11 heteroatoms. The standard InChI is InChI=1S/C17H18ClF3N4O2S/c1-3-24(14-10-8-13(18)9-11-14)23-12(2)15-6-4-5-7-16(15)25(22)28(26,27)17(19,20)21/h4-11H,3,22H2,1-2H3/b23-12+. The number of rotatable bonds is 6. The van der Waals surface area contributed by atoms with E-state index in [4.69, 9.17) is 17.4 Å². The highest BCUT2D eigenvalue weighted by Gasteiger charge is 2.50. The van der Waals surface area contributed by atoms with Crippen LogP contribution in [0.1, 0.15) is 19.4 Å². The molecule has 0 heterocycles. The quantitative estimate of drug-likeness (QED) is 0.421. The topological polar surface area (TPSA) is 79.0 Å². The molecule has 2 rings (SSSR count). The van der Waals surface area contributed by atoms with Crippen LogP contribution in [0.4, 0.5) is 24.5 Å². The van der Waals surface area contributed by atoms with E-state index in [1.807, 2.05) is 6.92 Å². The van der Waals surface area contributed by atoms with Crippen molar-refractivity contribution in [2.75, 3.05) is 16.0 Å². The molecule has 2 N–H and O–H groups in total. The molecule has 0 aliphatic heterocycles. The van der Waals surface area contributed by atoms with Crippen LogP contribution in [0.2, 0.25) is 5.02 Å². The second-order valence-electron chi connectivity index (χ2n) is 5.64. The number of hydrogen-bond donors (Lipinski definition) is 1. The van der Waals surface area contributed by atoms with Gasteiger partial charge in [-0.25, -0.2) is 5.84 Å². The summed E-state index contributed by atoms with van der Waals surface area (Å²) in [6.45, 7) is 3.83. The van der Waals surface area contributed by atoms with Crippen LogP contribution >= 0.6 is 11.6 Å². The van der Waals surface area contributed by atoms with Crippen molar-refractivity contribution < 1.29 is 21.6 Å². The fraction of sp³-hybridized carbons (Fsp3) is 0.235. The highest BCUT2D eigenvalue weighted by atomic mass is 35.5. The summed E-state index contributed by atoms with van der Waals surface area (Å²) in [6, 6.07) is 12.4. The Morgan fingerprint density at radius 2 is 1.71 bits per heavy atom. The van der Waals surface area contributed by atoms with Crippen molar-refractivity contribution in [3.05, 3.63) is 59.1 Å². The number of hydrogen-bond acceptors (Lipinski definition) is 5. The molecular formula is C17H18ClF3N4O2S. The summed E-state index contributed by atoms with van der Waals surface area (Å²) in [7, 11) is -5.75. The van der Waals surface area contributed by atoms with Crippen LogP contribution in [0, 0.1) is 0 Å². The van der Waals surface area contributed by atoms with Crippen molar-refractivity contribution in [2.45, 2.75) is 19.4 Å². The number of benzene rings is 2. The van der Waals surface area contributed by atoms with Crippen LogP contribution in [-0.2, 0) is 10.0 Å². The van der Waals surface area contributed by atoms with Crippen molar-refractivity contribution >= 4 is 38.7 Å². The lowest BCUT2D eigenvalue weighted by atomic mass is 10.1. The molecule has 6 nitrogen and oxygen atoms in total. The Balaban J connectivity index is 2.48. The lowest BCUT2D eigenvalue weighted by molar-refractivity contribution is -0.0438. The van der Waals surface area contributed by atoms with Gasteiger partial charge in [-0.05, 0) is 44.2 Å². The molecule has 0 bridgehead atoms. The summed E-state index contributed by atoms with van der Waals surface area (Å²) in [5, 5.41) is 6.54. The lowest BCUT2D eigenvalue weighted by Gasteiger charge is -2.23. The zero-order valence-electron chi connectivity index (χ0n) is 15.0. The Labute approximate surface area is 166 Å². The minimum atomic E-state index is -5.75. The molecule has 0 spiro atoms. The van der Waals surface area contributed by atoms with Gasteiger partial charge in [-0.3, -0.25) is 5.01 Å². The molecule has 28 heavy (non-hydrogen) atoms. The van der Waals surface area contributed by atoms with Crippen LogP contribution in [0.5, 0.6) is 0 Å². The van der Waals surface area contributed by atoms with E-state index in [0.717, 1.165) is 0 Å². The van der Waals surface area contributed by atoms with E-state index in [2.05, 4.69) is 5.10 Å².